The first-order valence-electron chi connectivity index (χ1n) is 9.64. The molecule has 0 saturated heterocycles. The Bertz CT molecular complexity index is 838. The first-order chi connectivity index (χ1) is 13.8. The minimum Gasteiger partial charge on any atom is -0.467 e. The van der Waals surface area contributed by atoms with Gasteiger partial charge in [0.25, 0.3) is 0 Å². The topological polar surface area (TPSA) is 61.9 Å². The van der Waals surface area contributed by atoms with Crippen LogP contribution >= 0.6 is 0 Å². The summed E-state index contributed by atoms with van der Waals surface area (Å²) in [6, 6.07) is 15.8. The quantitative estimate of drug-likeness (QED) is 0.681. The molecular formula is C22H25N3O3. The maximum atomic E-state index is 12.7. The average Bonchev–Trinajstić information content (AvgIpc) is 3.41. The molecule has 6 nitrogen and oxygen atoms in total. The van der Waals surface area contributed by atoms with Crippen LogP contribution in [0.25, 0.3) is 0 Å². The Morgan fingerprint density at radius 2 is 1.64 bits per heavy atom. The standard InChI is InChI=1S/C22H25N3O3/c26-22(23-10-12-24-11-9-18-5-1-2-6-19(18)15-24)25(16-20-7-3-13-27-20)17-21-8-4-14-28-21/h1-8,13-14H,9-12,15-17H2,(H,23,26). The van der Waals surface area contributed by atoms with Gasteiger partial charge in [-0.05, 0) is 41.8 Å². The molecule has 0 spiro atoms. The van der Waals surface area contributed by atoms with Crippen molar-refractivity contribution >= 4 is 6.03 Å². The molecule has 0 radical (unpaired) electrons. The van der Waals surface area contributed by atoms with Crippen LogP contribution in [0.15, 0.2) is 69.9 Å². The first kappa shape index (κ1) is 18.4. The molecule has 1 aromatic carbocycles. The molecule has 2 amide bonds. The van der Waals surface area contributed by atoms with Crippen LogP contribution in [-0.4, -0.2) is 35.5 Å². The predicted molar refractivity (Wildman–Crippen MR) is 105 cm³/mol. The summed E-state index contributed by atoms with van der Waals surface area (Å²) in [4.78, 5) is 16.8. The molecule has 1 N–H and O–H groups in total. The van der Waals surface area contributed by atoms with E-state index in [9.17, 15) is 4.79 Å². The number of carbonyl (C=O) groups is 1. The fraction of sp³-hybridized carbons (Fsp3) is 0.318. The zero-order valence-electron chi connectivity index (χ0n) is 15.8. The summed E-state index contributed by atoms with van der Waals surface area (Å²) in [6.45, 7) is 4.19. The van der Waals surface area contributed by atoms with Crippen LogP contribution < -0.4 is 5.32 Å². The van der Waals surface area contributed by atoms with E-state index in [0.717, 1.165) is 37.6 Å². The van der Waals surface area contributed by atoms with E-state index in [4.69, 9.17) is 8.83 Å². The van der Waals surface area contributed by atoms with Gasteiger partial charge >= 0.3 is 6.03 Å². The molecule has 3 heterocycles. The number of rotatable bonds is 7. The van der Waals surface area contributed by atoms with Crippen molar-refractivity contribution in [2.75, 3.05) is 19.6 Å². The highest BCUT2D eigenvalue weighted by molar-refractivity contribution is 5.74. The van der Waals surface area contributed by atoms with Gasteiger partial charge in [0, 0.05) is 26.2 Å². The van der Waals surface area contributed by atoms with E-state index in [2.05, 4.69) is 34.5 Å². The van der Waals surface area contributed by atoms with Gasteiger partial charge in [-0.2, -0.15) is 0 Å². The molecule has 1 aliphatic heterocycles. The molecule has 146 valence electrons. The monoisotopic (exact) mass is 379 g/mol. The number of hydrogen-bond acceptors (Lipinski definition) is 4. The third-order valence-electron chi connectivity index (χ3n) is 5.05. The van der Waals surface area contributed by atoms with Gasteiger partial charge in [-0.15, -0.1) is 0 Å². The smallest absolute Gasteiger partial charge is 0.318 e. The Morgan fingerprint density at radius 1 is 0.964 bits per heavy atom. The van der Waals surface area contributed by atoms with Crippen molar-refractivity contribution in [1.82, 2.24) is 15.1 Å². The van der Waals surface area contributed by atoms with Crippen molar-refractivity contribution in [3.05, 3.63) is 83.7 Å². The van der Waals surface area contributed by atoms with E-state index < -0.39 is 0 Å². The maximum Gasteiger partial charge on any atom is 0.318 e. The van der Waals surface area contributed by atoms with Crippen molar-refractivity contribution in [2.45, 2.75) is 26.1 Å². The highest BCUT2D eigenvalue weighted by Crippen LogP contribution is 2.18. The van der Waals surface area contributed by atoms with E-state index in [1.807, 2.05) is 24.3 Å². The van der Waals surface area contributed by atoms with Crippen LogP contribution in [0.2, 0.25) is 0 Å². The number of urea groups is 1. The van der Waals surface area contributed by atoms with E-state index in [-0.39, 0.29) is 6.03 Å². The van der Waals surface area contributed by atoms with Crippen LogP contribution in [0.5, 0.6) is 0 Å². The maximum absolute atomic E-state index is 12.7. The Morgan fingerprint density at radius 3 is 2.29 bits per heavy atom. The van der Waals surface area contributed by atoms with Gasteiger partial charge in [-0.3, -0.25) is 4.90 Å². The lowest BCUT2D eigenvalue weighted by atomic mass is 10.00. The lowest BCUT2D eigenvalue weighted by Gasteiger charge is -2.29. The summed E-state index contributed by atoms with van der Waals surface area (Å²) < 4.78 is 10.8. The second-order valence-corrected chi connectivity index (χ2v) is 7.04. The van der Waals surface area contributed by atoms with Crippen LogP contribution in [-0.2, 0) is 26.1 Å². The molecule has 6 heteroatoms. The SMILES string of the molecule is O=C(NCCN1CCc2ccccc2C1)N(Cc1ccco1)Cc1ccco1. The Kier molecular flexibility index (Phi) is 5.77. The molecule has 3 aromatic rings. The molecule has 0 saturated carbocycles. The van der Waals surface area contributed by atoms with Gasteiger partial charge in [0.05, 0.1) is 25.6 Å². The molecule has 0 bridgehead atoms. The van der Waals surface area contributed by atoms with E-state index in [1.165, 1.54) is 11.1 Å². The highest BCUT2D eigenvalue weighted by atomic mass is 16.3. The zero-order chi connectivity index (χ0) is 19.2. The number of fused-ring (bicyclic) bond motifs is 1. The fourth-order valence-corrected chi connectivity index (χ4v) is 3.56. The fourth-order valence-electron chi connectivity index (χ4n) is 3.56. The molecular weight excluding hydrogens is 354 g/mol. The molecule has 4 rings (SSSR count). The number of carbonyl (C=O) groups excluding carboxylic acids is 1. The minimum absolute atomic E-state index is 0.120. The molecule has 0 atom stereocenters. The number of furan rings is 2. The average molecular weight is 379 g/mol. The lowest BCUT2D eigenvalue weighted by Crippen LogP contribution is -2.43. The van der Waals surface area contributed by atoms with Gasteiger partial charge in [0.2, 0.25) is 0 Å². The van der Waals surface area contributed by atoms with E-state index >= 15 is 0 Å². The van der Waals surface area contributed by atoms with Gasteiger partial charge in [-0.25, -0.2) is 4.79 Å². The molecule has 0 unspecified atom stereocenters. The zero-order valence-corrected chi connectivity index (χ0v) is 15.8. The van der Waals surface area contributed by atoms with Gasteiger partial charge in [0.15, 0.2) is 0 Å². The van der Waals surface area contributed by atoms with Gasteiger partial charge < -0.3 is 19.1 Å². The third-order valence-corrected chi connectivity index (χ3v) is 5.05. The minimum atomic E-state index is -0.120. The highest BCUT2D eigenvalue weighted by Gasteiger charge is 2.19. The van der Waals surface area contributed by atoms with Crippen LogP contribution in [0.4, 0.5) is 4.79 Å². The molecule has 0 fully saturated rings. The summed E-state index contributed by atoms with van der Waals surface area (Å²) in [6.07, 6.45) is 4.30. The van der Waals surface area contributed by atoms with Crippen molar-refractivity contribution in [3.63, 3.8) is 0 Å². The van der Waals surface area contributed by atoms with Crippen LogP contribution in [0.1, 0.15) is 22.6 Å². The largest absolute Gasteiger partial charge is 0.467 e. The Hall–Kier alpha value is -2.99. The summed E-state index contributed by atoms with van der Waals surface area (Å²) in [5.74, 6) is 1.49. The van der Waals surface area contributed by atoms with Gasteiger partial charge in [0.1, 0.15) is 11.5 Å². The second kappa shape index (κ2) is 8.80. The number of hydrogen-bond donors (Lipinski definition) is 1. The number of nitrogens with one attached hydrogen (secondary N) is 1. The molecule has 0 aliphatic carbocycles. The summed E-state index contributed by atoms with van der Waals surface area (Å²) in [5, 5.41) is 3.04. The van der Waals surface area contributed by atoms with E-state index in [0.29, 0.717) is 19.6 Å². The predicted octanol–water partition coefficient (Wildman–Crippen LogP) is 3.64. The van der Waals surface area contributed by atoms with Crippen molar-refractivity contribution in [3.8, 4) is 0 Å². The van der Waals surface area contributed by atoms with Gasteiger partial charge in [-0.1, -0.05) is 24.3 Å². The lowest BCUT2D eigenvalue weighted by molar-refractivity contribution is 0.178. The second-order valence-electron chi connectivity index (χ2n) is 7.04. The van der Waals surface area contributed by atoms with Crippen molar-refractivity contribution < 1.29 is 13.6 Å². The molecule has 28 heavy (non-hydrogen) atoms. The van der Waals surface area contributed by atoms with Crippen molar-refractivity contribution in [1.29, 1.82) is 0 Å². The third kappa shape index (κ3) is 4.64. The number of benzene rings is 1. The van der Waals surface area contributed by atoms with Crippen LogP contribution in [0.3, 0.4) is 0 Å². The number of amides is 2. The van der Waals surface area contributed by atoms with E-state index in [1.54, 1.807) is 17.4 Å². The summed E-state index contributed by atoms with van der Waals surface area (Å²) in [7, 11) is 0. The van der Waals surface area contributed by atoms with Crippen molar-refractivity contribution in [2.24, 2.45) is 0 Å². The Balaban J connectivity index is 1.30. The normalized spacial score (nSPS) is 13.9. The molecule has 1 aliphatic rings. The van der Waals surface area contributed by atoms with Crippen LogP contribution in [0, 0.1) is 0 Å². The first-order valence-corrected chi connectivity index (χ1v) is 9.64. The Labute approximate surface area is 164 Å². The number of nitrogens with zero attached hydrogens (tertiary/aromatic N) is 2. The molecule has 2 aromatic heterocycles. The summed E-state index contributed by atoms with van der Waals surface area (Å²) in [5.41, 5.74) is 2.82. The summed E-state index contributed by atoms with van der Waals surface area (Å²) >= 11 is 0.